The molecule has 0 saturated carbocycles. The molecule has 0 N–H and O–H groups in total. The lowest BCUT2D eigenvalue weighted by molar-refractivity contribution is 0.310. The van der Waals surface area contributed by atoms with Crippen molar-refractivity contribution in [1.29, 1.82) is 0 Å². The predicted molar refractivity (Wildman–Crippen MR) is 60.9 cm³/mol. The van der Waals surface area contributed by atoms with Crippen LogP contribution in [0.1, 0.15) is 12.5 Å². The summed E-state index contributed by atoms with van der Waals surface area (Å²) in [6.07, 6.45) is 2.21. The molecule has 0 aliphatic carbocycles. The summed E-state index contributed by atoms with van der Waals surface area (Å²) in [6, 6.07) is 5.69. The molecule has 1 aromatic rings. The first-order valence-electron chi connectivity index (χ1n) is 5.15. The minimum absolute atomic E-state index is 0.446. The predicted octanol–water partition coefficient (Wildman–Crippen LogP) is 1.97. The van der Waals surface area contributed by atoms with Crippen LogP contribution < -0.4 is 9.47 Å². The standard InChI is InChI=1S/C12H15NO3/c1-3-16-12-8-10(6-7-13-9-14)4-5-11(12)15-2/h4-5,8H,3,6-7H2,1-2H3. The van der Waals surface area contributed by atoms with Crippen LogP contribution in [0.2, 0.25) is 0 Å². The summed E-state index contributed by atoms with van der Waals surface area (Å²) in [5.74, 6) is 1.43. The fraction of sp³-hybridized carbons (Fsp3) is 0.417. The Balaban J connectivity index is 2.79. The molecule has 0 aliphatic rings. The molecule has 86 valence electrons. The Morgan fingerprint density at radius 1 is 1.38 bits per heavy atom. The van der Waals surface area contributed by atoms with E-state index in [1.54, 1.807) is 7.11 Å². The normalized spacial score (nSPS) is 9.38. The van der Waals surface area contributed by atoms with E-state index in [1.807, 2.05) is 25.1 Å². The summed E-state index contributed by atoms with van der Waals surface area (Å²) in [7, 11) is 1.61. The molecule has 0 aromatic heterocycles. The highest BCUT2D eigenvalue weighted by Crippen LogP contribution is 2.28. The number of ether oxygens (including phenoxy) is 2. The Morgan fingerprint density at radius 2 is 2.19 bits per heavy atom. The van der Waals surface area contributed by atoms with E-state index < -0.39 is 0 Å². The lowest BCUT2D eigenvalue weighted by Gasteiger charge is -2.10. The topological polar surface area (TPSA) is 47.9 Å². The van der Waals surface area contributed by atoms with Crippen LogP contribution in [0.4, 0.5) is 0 Å². The van der Waals surface area contributed by atoms with E-state index in [0.717, 1.165) is 11.3 Å². The minimum atomic E-state index is 0.446. The number of benzene rings is 1. The van der Waals surface area contributed by atoms with Crippen molar-refractivity contribution in [1.82, 2.24) is 0 Å². The molecule has 0 heterocycles. The van der Waals surface area contributed by atoms with Gasteiger partial charge in [-0.1, -0.05) is 6.07 Å². The van der Waals surface area contributed by atoms with E-state index in [0.29, 0.717) is 25.3 Å². The van der Waals surface area contributed by atoms with Gasteiger partial charge in [0.2, 0.25) is 6.08 Å². The lowest BCUT2D eigenvalue weighted by Crippen LogP contribution is -1.97. The van der Waals surface area contributed by atoms with Gasteiger partial charge in [-0.25, -0.2) is 9.79 Å². The molecule has 0 spiro atoms. The molecule has 16 heavy (non-hydrogen) atoms. The highest BCUT2D eigenvalue weighted by Gasteiger charge is 2.04. The van der Waals surface area contributed by atoms with E-state index in [2.05, 4.69) is 4.99 Å². The molecule has 0 aliphatic heterocycles. The minimum Gasteiger partial charge on any atom is -0.493 e. The van der Waals surface area contributed by atoms with Gasteiger partial charge in [0.05, 0.1) is 20.3 Å². The maximum atomic E-state index is 9.93. The summed E-state index contributed by atoms with van der Waals surface area (Å²) < 4.78 is 10.6. The second kappa shape index (κ2) is 6.64. The van der Waals surface area contributed by atoms with Crippen molar-refractivity contribution in [2.75, 3.05) is 20.3 Å². The Morgan fingerprint density at radius 3 is 2.81 bits per heavy atom. The van der Waals surface area contributed by atoms with Crippen LogP contribution in [0.3, 0.4) is 0 Å². The number of nitrogens with zero attached hydrogens (tertiary/aromatic N) is 1. The van der Waals surface area contributed by atoms with Gasteiger partial charge >= 0.3 is 0 Å². The molecule has 0 bridgehead atoms. The number of carbonyl (C=O) groups excluding carboxylic acids is 1. The third-order valence-electron chi connectivity index (χ3n) is 2.10. The summed E-state index contributed by atoms with van der Waals surface area (Å²) in [4.78, 5) is 13.4. The zero-order chi connectivity index (χ0) is 11.8. The quantitative estimate of drug-likeness (QED) is 0.545. The van der Waals surface area contributed by atoms with Crippen LogP contribution in [0.15, 0.2) is 23.2 Å². The number of rotatable bonds is 6. The Labute approximate surface area is 94.9 Å². The Kier molecular flexibility index (Phi) is 5.09. The van der Waals surface area contributed by atoms with E-state index in [-0.39, 0.29) is 0 Å². The smallest absolute Gasteiger partial charge is 0.234 e. The number of hydrogen-bond donors (Lipinski definition) is 0. The first-order valence-corrected chi connectivity index (χ1v) is 5.15. The molecule has 4 heteroatoms. The van der Waals surface area contributed by atoms with Crippen molar-refractivity contribution in [2.45, 2.75) is 13.3 Å². The molecular weight excluding hydrogens is 206 g/mol. The number of methoxy groups -OCH3 is 1. The van der Waals surface area contributed by atoms with Gasteiger partial charge in [0, 0.05) is 0 Å². The molecule has 0 amide bonds. The SMILES string of the molecule is CCOc1cc(CCN=C=O)ccc1OC. The fourth-order valence-corrected chi connectivity index (χ4v) is 1.38. The molecule has 4 nitrogen and oxygen atoms in total. The second-order valence-corrected chi connectivity index (χ2v) is 3.14. The van der Waals surface area contributed by atoms with Gasteiger partial charge in [0.15, 0.2) is 11.5 Å². The van der Waals surface area contributed by atoms with Crippen LogP contribution in [-0.4, -0.2) is 26.3 Å². The molecule has 1 aromatic carbocycles. The summed E-state index contributed by atoms with van der Waals surface area (Å²) >= 11 is 0. The van der Waals surface area contributed by atoms with Crippen molar-refractivity contribution >= 4 is 6.08 Å². The van der Waals surface area contributed by atoms with E-state index in [4.69, 9.17) is 9.47 Å². The van der Waals surface area contributed by atoms with E-state index >= 15 is 0 Å². The van der Waals surface area contributed by atoms with Gasteiger partial charge < -0.3 is 9.47 Å². The lowest BCUT2D eigenvalue weighted by atomic mass is 10.1. The van der Waals surface area contributed by atoms with Gasteiger partial charge in [-0.15, -0.1) is 0 Å². The Hall–Kier alpha value is -1.80. The zero-order valence-electron chi connectivity index (χ0n) is 9.53. The number of isocyanates is 1. The maximum absolute atomic E-state index is 9.93. The number of hydrogen-bond acceptors (Lipinski definition) is 4. The van der Waals surface area contributed by atoms with Crippen LogP contribution in [0.25, 0.3) is 0 Å². The average Bonchev–Trinajstić information content (AvgIpc) is 2.30. The van der Waals surface area contributed by atoms with Crippen LogP contribution >= 0.6 is 0 Å². The van der Waals surface area contributed by atoms with Gasteiger partial charge in [0.1, 0.15) is 0 Å². The van der Waals surface area contributed by atoms with E-state index in [9.17, 15) is 4.79 Å². The van der Waals surface area contributed by atoms with Crippen LogP contribution in [0.5, 0.6) is 11.5 Å². The highest BCUT2D eigenvalue weighted by atomic mass is 16.5. The molecule has 0 saturated heterocycles. The Bertz CT molecular complexity index is 384. The van der Waals surface area contributed by atoms with Crippen molar-refractivity contribution in [3.8, 4) is 11.5 Å². The monoisotopic (exact) mass is 221 g/mol. The van der Waals surface area contributed by atoms with Gasteiger partial charge in [-0.2, -0.15) is 0 Å². The summed E-state index contributed by atoms with van der Waals surface area (Å²) in [5.41, 5.74) is 1.06. The van der Waals surface area contributed by atoms with Gasteiger partial charge in [-0.05, 0) is 31.0 Å². The van der Waals surface area contributed by atoms with Crippen molar-refractivity contribution in [3.05, 3.63) is 23.8 Å². The highest BCUT2D eigenvalue weighted by molar-refractivity contribution is 5.43. The van der Waals surface area contributed by atoms with Crippen LogP contribution in [-0.2, 0) is 11.2 Å². The molecule has 0 radical (unpaired) electrons. The molecule has 1 rings (SSSR count). The van der Waals surface area contributed by atoms with Crippen LogP contribution in [0, 0.1) is 0 Å². The second-order valence-electron chi connectivity index (χ2n) is 3.14. The fourth-order valence-electron chi connectivity index (χ4n) is 1.38. The van der Waals surface area contributed by atoms with Crippen molar-refractivity contribution in [2.24, 2.45) is 4.99 Å². The average molecular weight is 221 g/mol. The summed E-state index contributed by atoms with van der Waals surface area (Å²) in [6.45, 7) is 2.95. The molecular formula is C12H15NO3. The maximum Gasteiger partial charge on any atom is 0.234 e. The third kappa shape index (κ3) is 3.41. The molecule has 0 atom stereocenters. The summed E-state index contributed by atoms with van der Waals surface area (Å²) in [5, 5.41) is 0. The first-order chi connectivity index (χ1) is 7.81. The van der Waals surface area contributed by atoms with Gasteiger partial charge in [-0.3, -0.25) is 0 Å². The third-order valence-corrected chi connectivity index (χ3v) is 2.10. The largest absolute Gasteiger partial charge is 0.493 e. The molecule has 0 unspecified atom stereocenters. The van der Waals surface area contributed by atoms with Crippen molar-refractivity contribution in [3.63, 3.8) is 0 Å². The number of aliphatic imine (C=N–C) groups is 1. The van der Waals surface area contributed by atoms with Gasteiger partial charge in [0.25, 0.3) is 0 Å². The first kappa shape index (κ1) is 12.3. The molecule has 0 fully saturated rings. The van der Waals surface area contributed by atoms with Crippen molar-refractivity contribution < 1.29 is 14.3 Å². The zero-order valence-corrected chi connectivity index (χ0v) is 9.53. The van der Waals surface area contributed by atoms with E-state index in [1.165, 1.54) is 6.08 Å².